The molecule has 0 spiro atoms. The lowest BCUT2D eigenvalue weighted by molar-refractivity contribution is -0.117. The molecule has 0 fully saturated rings. The van der Waals surface area contributed by atoms with Gasteiger partial charge in [0.25, 0.3) is 0 Å². The zero-order valence-electron chi connectivity index (χ0n) is 17.5. The van der Waals surface area contributed by atoms with Gasteiger partial charge in [0.15, 0.2) is 0 Å². The number of hydrogen-bond acceptors (Lipinski definition) is 5. The minimum absolute atomic E-state index is 0.119. The lowest BCUT2D eigenvalue weighted by atomic mass is 10.1. The van der Waals surface area contributed by atoms with Gasteiger partial charge in [-0.15, -0.1) is 0 Å². The molecule has 9 heteroatoms. The van der Waals surface area contributed by atoms with Gasteiger partial charge in [0.2, 0.25) is 15.9 Å². The van der Waals surface area contributed by atoms with Gasteiger partial charge < -0.3 is 14.8 Å². The Kier molecular flexibility index (Phi) is 7.74. The van der Waals surface area contributed by atoms with Crippen LogP contribution in [-0.4, -0.2) is 34.6 Å². The van der Waals surface area contributed by atoms with Crippen LogP contribution < -0.4 is 19.5 Å². The van der Waals surface area contributed by atoms with E-state index >= 15 is 0 Å². The van der Waals surface area contributed by atoms with Crippen molar-refractivity contribution in [2.45, 2.75) is 17.4 Å². The average molecular weight is 475 g/mol. The third kappa shape index (κ3) is 6.00. The van der Waals surface area contributed by atoms with Crippen LogP contribution >= 0.6 is 11.6 Å². The molecule has 0 bridgehead atoms. The Morgan fingerprint density at radius 1 is 0.969 bits per heavy atom. The Hall–Kier alpha value is -3.07. The summed E-state index contributed by atoms with van der Waals surface area (Å²) in [4.78, 5) is 13.0. The van der Waals surface area contributed by atoms with Crippen molar-refractivity contribution in [2.75, 3.05) is 19.5 Å². The highest BCUT2D eigenvalue weighted by Crippen LogP contribution is 2.27. The third-order valence-corrected chi connectivity index (χ3v) is 6.38. The maximum Gasteiger partial charge on any atom is 0.245 e. The van der Waals surface area contributed by atoms with Crippen LogP contribution in [0.2, 0.25) is 5.02 Å². The van der Waals surface area contributed by atoms with Gasteiger partial charge in [-0.1, -0.05) is 48.0 Å². The number of benzene rings is 3. The van der Waals surface area contributed by atoms with E-state index in [1.54, 1.807) is 24.3 Å². The molecule has 32 heavy (non-hydrogen) atoms. The van der Waals surface area contributed by atoms with Crippen molar-refractivity contribution >= 4 is 33.2 Å². The van der Waals surface area contributed by atoms with E-state index in [1.807, 2.05) is 30.3 Å². The summed E-state index contributed by atoms with van der Waals surface area (Å²) >= 11 is 6.01. The minimum atomic E-state index is -4.14. The van der Waals surface area contributed by atoms with E-state index in [-0.39, 0.29) is 22.1 Å². The first-order chi connectivity index (χ1) is 15.3. The predicted octanol–water partition coefficient (Wildman–Crippen LogP) is 3.89. The van der Waals surface area contributed by atoms with E-state index < -0.39 is 22.0 Å². The van der Waals surface area contributed by atoms with Crippen molar-refractivity contribution in [3.8, 4) is 11.5 Å². The van der Waals surface area contributed by atoms with Gasteiger partial charge in [0, 0.05) is 16.8 Å². The molecule has 0 aliphatic heterocycles. The van der Waals surface area contributed by atoms with Crippen LogP contribution in [-0.2, 0) is 21.2 Å². The maximum absolute atomic E-state index is 13.2. The Balaban J connectivity index is 1.92. The Morgan fingerprint density at radius 2 is 1.72 bits per heavy atom. The first-order valence-corrected chi connectivity index (χ1v) is 11.5. The summed E-state index contributed by atoms with van der Waals surface area (Å²) in [6.07, 6.45) is 0.138. The molecule has 168 valence electrons. The summed E-state index contributed by atoms with van der Waals surface area (Å²) in [6.45, 7) is 0. The number of amides is 1. The zero-order chi connectivity index (χ0) is 23.1. The lowest BCUT2D eigenvalue weighted by Crippen LogP contribution is -2.45. The Bertz CT molecular complexity index is 1190. The number of hydrogen-bond donors (Lipinski definition) is 2. The minimum Gasteiger partial charge on any atom is -0.497 e. The molecule has 2 N–H and O–H groups in total. The number of carbonyl (C=O) groups is 1. The molecule has 1 amide bonds. The number of sulfonamides is 1. The third-order valence-electron chi connectivity index (χ3n) is 4.65. The number of rotatable bonds is 9. The normalized spacial score (nSPS) is 12.1. The van der Waals surface area contributed by atoms with Gasteiger partial charge in [0.1, 0.15) is 22.4 Å². The van der Waals surface area contributed by atoms with Crippen LogP contribution in [0.1, 0.15) is 5.56 Å². The van der Waals surface area contributed by atoms with E-state index in [2.05, 4.69) is 10.0 Å². The second-order valence-corrected chi connectivity index (χ2v) is 9.00. The molecule has 0 saturated carbocycles. The summed E-state index contributed by atoms with van der Waals surface area (Å²) in [5.74, 6) is 0.159. The monoisotopic (exact) mass is 474 g/mol. The second kappa shape index (κ2) is 10.5. The van der Waals surface area contributed by atoms with E-state index in [1.165, 1.54) is 32.4 Å². The van der Waals surface area contributed by atoms with E-state index in [0.29, 0.717) is 11.4 Å². The fraction of sp³-hybridized carbons (Fsp3) is 0.174. The molecular formula is C23H23ClN2O5S. The largest absolute Gasteiger partial charge is 0.497 e. The molecule has 0 radical (unpaired) electrons. The molecule has 1 atom stereocenters. The maximum atomic E-state index is 13.2. The zero-order valence-corrected chi connectivity index (χ0v) is 19.1. The van der Waals surface area contributed by atoms with E-state index in [9.17, 15) is 13.2 Å². The van der Waals surface area contributed by atoms with Crippen LogP contribution in [0.4, 0.5) is 5.69 Å². The lowest BCUT2D eigenvalue weighted by Gasteiger charge is -2.20. The predicted molar refractivity (Wildman–Crippen MR) is 124 cm³/mol. The Morgan fingerprint density at radius 3 is 2.41 bits per heavy atom. The van der Waals surface area contributed by atoms with Crippen molar-refractivity contribution < 1.29 is 22.7 Å². The van der Waals surface area contributed by atoms with Crippen LogP contribution in [0.15, 0.2) is 77.7 Å². The van der Waals surface area contributed by atoms with Gasteiger partial charge in [0.05, 0.1) is 14.2 Å². The standard InChI is InChI=1S/C23H23ClN2O5S/c1-30-19-10-6-9-18(15-19)25-23(27)20(13-16-7-4-3-5-8-16)26-32(28,29)22-14-17(24)11-12-21(22)31-2/h3-12,14-15,20,26H,13H2,1-2H3,(H,25,27)/t20-/m0/s1. The first kappa shape index (κ1) is 23.6. The van der Waals surface area contributed by atoms with Crippen molar-refractivity contribution in [2.24, 2.45) is 0 Å². The van der Waals surface area contributed by atoms with Gasteiger partial charge in [-0.3, -0.25) is 4.79 Å². The van der Waals surface area contributed by atoms with Crippen LogP contribution in [0, 0.1) is 0 Å². The molecule has 3 rings (SSSR count). The molecule has 0 aliphatic rings. The van der Waals surface area contributed by atoms with Crippen LogP contribution in [0.5, 0.6) is 11.5 Å². The topological polar surface area (TPSA) is 93.7 Å². The van der Waals surface area contributed by atoms with Crippen molar-refractivity contribution in [1.82, 2.24) is 4.72 Å². The summed E-state index contributed by atoms with van der Waals surface area (Å²) in [6, 6.07) is 19.1. The number of halogens is 1. The molecule has 3 aromatic carbocycles. The number of nitrogens with one attached hydrogen (secondary N) is 2. The highest BCUT2D eigenvalue weighted by Gasteiger charge is 2.28. The van der Waals surface area contributed by atoms with E-state index in [0.717, 1.165) is 5.56 Å². The molecule has 0 aliphatic carbocycles. The SMILES string of the molecule is COc1cccc(NC(=O)[C@H](Cc2ccccc2)NS(=O)(=O)c2cc(Cl)ccc2OC)c1. The molecule has 0 heterocycles. The van der Waals surface area contributed by atoms with Crippen LogP contribution in [0.3, 0.4) is 0 Å². The highest BCUT2D eigenvalue weighted by atomic mass is 35.5. The molecule has 0 aromatic heterocycles. The summed E-state index contributed by atoms with van der Waals surface area (Å²) in [7, 11) is -1.26. The van der Waals surface area contributed by atoms with Gasteiger partial charge in [-0.05, 0) is 42.3 Å². The molecule has 3 aromatic rings. The highest BCUT2D eigenvalue weighted by molar-refractivity contribution is 7.89. The van der Waals surface area contributed by atoms with Crippen molar-refractivity contribution in [1.29, 1.82) is 0 Å². The fourth-order valence-electron chi connectivity index (χ4n) is 3.08. The number of carbonyl (C=O) groups excluding carboxylic acids is 1. The van der Waals surface area contributed by atoms with Crippen molar-refractivity contribution in [3.63, 3.8) is 0 Å². The molecule has 0 unspecified atom stereocenters. The van der Waals surface area contributed by atoms with E-state index in [4.69, 9.17) is 21.1 Å². The summed E-state index contributed by atoms with van der Waals surface area (Å²) < 4.78 is 39.2. The van der Waals surface area contributed by atoms with Crippen LogP contribution in [0.25, 0.3) is 0 Å². The quantitative estimate of drug-likeness (QED) is 0.490. The van der Waals surface area contributed by atoms with Crippen molar-refractivity contribution in [3.05, 3.63) is 83.4 Å². The fourth-order valence-corrected chi connectivity index (χ4v) is 4.71. The smallest absolute Gasteiger partial charge is 0.245 e. The molecule has 0 saturated heterocycles. The summed E-state index contributed by atoms with van der Waals surface area (Å²) in [5.41, 5.74) is 1.27. The summed E-state index contributed by atoms with van der Waals surface area (Å²) in [5, 5.41) is 2.98. The second-order valence-electron chi connectivity index (χ2n) is 6.88. The first-order valence-electron chi connectivity index (χ1n) is 9.67. The Labute approximate surface area is 192 Å². The number of anilines is 1. The average Bonchev–Trinajstić information content (AvgIpc) is 2.79. The van der Waals surface area contributed by atoms with Gasteiger partial charge in [-0.25, -0.2) is 8.42 Å². The van der Waals surface area contributed by atoms with Gasteiger partial charge in [-0.2, -0.15) is 4.72 Å². The number of ether oxygens (including phenoxy) is 2. The molecule has 7 nitrogen and oxygen atoms in total. The molecular weight excluding hydrogens is 452 g/mol. The van der Waals surface area contributed by atoms with Gasteiger partial charge >= 0.3 is 0 Å². The number of methoxy groups -OCH3 is 2.